The maximum absolute atomic E-state index is 13.0. The number of carbonyl (C=O) groups is 2. The van der Waals surface area contributed by atoms with Crippen LogP contribution in [0, 0.1) is 6.92 Å². The van der Waals surface area contributed by atoms with Crippen LogP contribution in [0.4, 0.5) is 5.69 Å². The summed E-state index contributed by atoms with van der Waals surface area (Å²) in [7, 11) is 1.51. The molecule has 2 N–H and O–H groups in total. The van der Waals surface area contributed by atoms with Gasteiger partial charge in [-0.3, -0.25) is 4.79 Å². The van der Waals surface area contributed by atoms with Gasteiger partial charge in [0.1, 0.15) is 11.5 Å². The molecule has 1 atom stereocenters. The molecule has 6 heteroatoms. The van der Waals surface area contributed by atoms with Crippen molar-refractivity contribution in [3.63, 3.8) is 0 Å². The van der Waals surface area contributed by atoms with Crippen molar-refractivity contribution in [2.24, 2.45) is 0 Å². The van der Waals surface area contributed by atoms with Crippen molar-refractivity contribution in [2.75, 3.05) is 12.4 Å². The molecule has 3 aromatic carbocycles. The third kappa shape index (κ3) is 4.93. The molecule has 1 amide bonds. The average molecular weight is 391 g/mol. The number of phenolic OH excluding ortho intramolecular Hbond substituents is 1. The standard InChI is InChI=1S/C23H21NO5/c1-15-8-13-20(28-2)19(14-15)24-22(26)21(16-6-4-3-5-7-16)29-23(27)17-9-11-18(25)12-10-17/h3-14,21,25H,1-2H3,(H,24,26)/t21-/m1/s1. The van der Waals surface area contributed by atoms with Gasteiger partial charge in [0.05, 0.1) is 18.4 Å². The first-order valence-corrected chi connectivity index (χ1v) is 8.98. The van der Waals surface area contributed by atoms with Crippen LogP contribution in [0.3, 0.4) is 0 Å². The predicted octanol–water partition coefficient (Wildman–Crippen LogP) is 4.25. The summed E-state index contributed by atoms with van der Waals surface area (Å²) in [6, 6.07) is 19.8. The van der Waals surface area contributed by atoms with Crippen molar-refractivity contribution in [1.82, 2.24) is 0 Å². The number of phenols is 1. The SMILES string of the molecule is COc1ccc(C)cc1NC(=O)[C@H](OC(=O)c1ccc(O)cc1)c1ccccc1. The normalized spacial score (nSPS) is 11.4. The summed E-state index contributed by atoms with van der Waals surface area (Å²) in [6.07, 6.45) is -1.16. The molecule has 29 heavy (non-hydrogen) atoms. The lowest BCUT2D eigenvalue weighted by molar-refractivity contribution is -0.125. The molecule has 148 valence electrons. The highest BCUT2D eigenvalue weighted by molar-refractivity contribution is 5.99. The molecule has 0 aliphatic rings. The van der Waals surface area contributed by atoms with Crippen molar-refractivity contribution in [1.29, 1.82) is 0 Å². The first-order valence-electron chi connectivity index (χ1n) is 8.98. The molecule has 0 unspecified atom stereocenters. The lowest BCUT2D eigenvalue weighted by Crippen LogP contribution is -2.26. The van der Waals surface area contributed by atoms with E-state index in [1.807, 2.05) is 19.1 Å². The number of anilines is 1. The number of nitrogens with one attached hydrogen (secondary N) is 1. The maximum Gasteiger partial charge on any atom is 0.339 e. The van der Waals surface area contributed by atoms with Gasteiger partial charge in [-0.25, -0.2) is 4.79 Å². The van der Waals surface area contributed by atoms with E-state index in [0.29, 0.717) is 17.0 Å². The Labute approximate surface area is 168 Å². The third-order valence-electron chi connectivity index (χ3n) is 4.28. The number of methoxy groups -OCH3 is 1. The van der Waals surface area contributed by atoms with E-state index in [2.05, 4.69) is 5.32 Å². The van der Waals surface area contributed by atoms with Gasteiger partial charge >= 0.3 is 5.97 Å². The molecule has 0 radical (unpaired) electrons. The fourth-order valence-corrected chi connectivity index (χ4v) is 2.79. The number of aryl methyl sites for hydroxylation is 1. The van der Waals surface area contributed by atoms with E-state index in [9.17, 15) is 14.7 Å². The maximum atomic E-state index is 13.0. The molecule has 0 saturated carbocycles. The van der Waals surface area contributed by atoms with Gasteiger partial charge in [0, 0.05) is 5.56 Å². The van der Waals surface area contributed by atoms with Gasteiger partial charge in [0.15, 0.2) is 0 Å². The van der Waals surface area contributed by atoms with E-state index in [1.54, 1.807) is 36.4 Å². The number of aromatic hydroxyl groups is 1. The smallest absolute Gasteiger partial charge is 0.339 e. The number of carbonyl (C=O) groups excluding carboxylic acids is 2. The van der Waals surface area contributed by atoms with Gasteiger partial charge in [-0.05, 0) is 48.9 Å². The van der Waals surface area contributed by atoms with Crippen LogP contribution in [0.1, 0.15) is 27.6 Å². The second-order valence-corrected chi connectivity index (χ2v) is 6.44. The molecule has 0 aromatic heterocycles. The fourth-order valence-electron chi connectivity index (χ4n) is 2.79. The van der Waals surface area contributed by atoms with E-state index >= 15 is 0 Å². The summed E-state index contributed by atoms with van der Waals surface area (Å²) in [6.45, 7) is 1.90. The molecule has 0 spiro atoms. The number of esters is 1. The molecule has 0 aliphatic heterocycles. The Morgan fingerprint density at radius 1 is 0.966 bits per heavy atom. The molecule has 0 aliphatic carbocycles. The van der Waals surface area contributed by atoms with Crippen LogP contribution in [-0.2, 0) is 9.53 Å². The molecule has 0 fully saturated rings. The molecule has 0 saturated heterocycles. The minimum atomic E-state index is -1.16. The van der Waals surface area contributed by atoms with Gasteiger partial charge in [0.25, 0.3) is 5.91 Å². The lowest BCUT2D eigenvalue weighted by atomic mass is 10.1. The summed E-state index contributed by atoms with van der Waals surface area (Å²) in [5, 5.41) is 12.2. The van der Waals surface area contributed by atoms with E-state index < -0.39 is 18.0 Å². The van der Waals surface area contributed by atoms with Crippen molar-refractivity contribution in [3.8, 4) is 11.5 Å². The monoisotopic (exact) mass is 391 g/mol. The highest BCUT2D eigenvalue weighted by atomic mass is 16.5. The average Bonchev–Trinajstić information content (AvgIpc) is 2.73. The van der Waals surface area contributed by atoms with Crippen LogP contribution < -0.4 is 10.1 Å². The van der Waals surface area contributed by atoms with Gasteiger partial charge in [-0.2, -0.15) is 0 Å². The summed E-state index contributed by atoms with van der Waals surface area (Å²) in [5.74, 6) is -0.650. The largest absolute Gasteiger partial charge is 0.508 e. The second kappa shape index (κ2) is 8.93. The Morgan fingerprint density at radius 2 is 1.66 bits per heavy atom. The number of amides is 1. The van der Waals surface area contributed by atoms with Crippen LogP contribution in [-0.4, -0.2) is 24.1 Å². The van der Waals surface area contributed by atoms with Gasteiger partial charge in [0.2, 0.25) is 6.10 Å². The fraction of sp³-hybridized carbons (Fsp3) is 0.130. The van der Waals surface area contributed by atoms with Crippen molar-refractivity contribution < 1.29 is 24.2 Å². The number of benzene rings is 3. The Morgan fingerprint density at radius 3 is 2.31 bits per heavy atom. The minimum absolute atomic E-state index is 0.0328. The first kappa shape index (κ1) is 19.9. The highest BCUT2D eigenvalue weighted by Gasteiger charge is 2.26. The Hall–Kier alpha value is -3.80. The minimum Gasteiger partial charge on any atom is -0.508 e. The Balaban J connectivity index is 1.88. The lowest BCUT2D eigenvalue weighted by Gasteiger charge is -2.19. The number of ether oxygens (including phenoxy) is 2. The molecule has 0 bridgehead atoms. The summed E-state index contributed by atoms with van der Waals surface area (Å²) >= 11 is 0. The van der Waals surface area contributed by atoms with E-state index in [4.69, 9.17) is 9.47 Å². The molecular formula is C23H21NO5. The zero-order chi connectivity index (χ0) is 20.8. The predicted molar refractivity (Wildman–Crippen MR) is 109 cm³/mol. The van der Waals surface area contributed by atoms with E-state index in [1.165, 1.54) is 31.4 Å². The van der Waals surface area contributed by atoms with Crippen LogP contribution in [0.2, 0.25) is 0 Å². The Bertz CT molecular complexity index is 1000. The Kier molecular flexibility index (Phi) is 6.14. The third-order valence-corrected chi connectivity index (χ3v) is 4.28. The molecule has 0 heterocycles. The zero-order valence-electron chi connectivity index (χ0n) is 16.1. The summed E-state index contributed by atoms with van der Waals surface area (Å²) in [4.78, 5) is 25.6. The van der Waals surface area contributed by atoms with Crippen LogP contribution in [0.25, 0.3) is 0 Å². The number of rotatable bonds is 6. The van der Waals surface area contributed by atoms with Crippen molar-refractivity contribution >= 4 is 17.6 Å². The molecule has 3 rings (SSSR count). The molecule has 6 nitrogen and oxygen atoms in total. The van der Waals surface area contributed by atoms with Crippen LogP contribution in [0.5, 0.6) is 11.5 Å². The highest BCUT2D eigenvalue weighted by Crippen LogP contribution is 2.28. The van der Waals surface area contributed by atoms with Gasteiger partial charge in [-0.15, -0.1) is 0 Å². The van der Waals surface area contributed by atoms with Gasteiger partial charge < -0.3 is 19.9 Å². The number of hydrogen-bond donors (Lipinski definition) is 2. The quantitative estimate of drug-likeness (QED) is 0.614. The molecule has 3 aromatic rings. The summed E-state index contributed by atoms with van der Waals surface area (Å²) in [5.41, 5.74) is 2.19. The van der Waals surface area contributed by atoms with Gasteiger partial charge in [-0.1, -0.05) is 36.4 Å². The van der Waals surface area contributed by atoms with E-state index in [-0.39, 0.29) is 11.3 Å². The topological polar surface area (TPSA) is 84.9 Å². The number of hydrogen-bond acceptors (Lipinski definition) is 5. The first-order chi connectivity index (χ1) is 14.0. The summed E-state index contributed by atoms with van der Waals surface area (Å²) < 4.78 is 10.8. The van der Waals surface area contributed by atoms with Crippen molar-refractivity contribution in [2.45, 2.75) is 13.0 Å². The van der Waals surface area contributed by atoms with Crippen molar-refractivity contribution in [3.05, 3.63) is 89.5 Å². The van der Waals surface area contributed by atoms with E-state index in [0.717, 1.165) is 5.56 Å². The molecular weight excluding hydrogens is 370 g/mol. The van der Waals surface area contributed by atoms with Crippen LogP contribution in [0.15, 0.2) is 72.8 Å². The van der Waals surface area contributed by atoms with Crippen LogP contribution >= 0.6 is 0 Å². The second-order valence-electron chi connectivity index (χ2n) is 6.44. The zero-order valence-corrected chi connectivity index (χ0v) is 16.1.